The van der Waals surface area contributed by atoms with E-state index in [-0.39, 0.29) is 12.5 Å². The number of anilines is 1. The number of aromatic nitrogens is 1. The second-order valence-electron chi connectivity index (χ2n) is 8.76. The maximum atomic E-state index is 12.6. The Kier molecular flexibility index (Phi) is 8.26. The second-order valence-corrected chi connectivity index (χ2v) is 11.5. The maximum Gasteiger partial charge on any atom is 0.271 e. The molecule has 1 N–H and O–H groups in total. The largest absolute Gasteiger partial charge is 0.318 e. The van der Waals surface area contributed by atoms with Crippen LogP contribution in [0.1, 0.15) is 32.9 Å². The summed E-state index contributed by atoms with van der Waals surface area (Å²) in [7, 11) is -3.49. The summed E-state index contributed by atoms with van der Waals surface area (Å²) in [6, 6.07) is 23.0. The van der Waals surface area contributed by atoms with Crippen LogP contribution in [0.25, 0.3) is 5.69 Å². The number of rotatable bonds is 8. The lowest BCUT2D eigenvalue weighted by Crippen LogP contribution is -2.29. The van der Waals surface area contributed by atoms with Crippen molar-refractivity contribution in [1.29, 1.82) is 0 Å². The van der Waals surface area contributed by atoms with Gasteiger partial charge in [0.2, 0.25) is 10.0 Å². The van der Waals surface area contributed by atoms with Crippen LogP contribution in [-0.2, 0) is 16.6 Å². The molecule has 0 aliphatic heterocycles. The van der Waals surface area contributed by atoms with Gasteiger partial charge in [-0.25, -0.2) is 13.8 Å². The van der Waals surface area contributed by atoms with Gasteiger partial charge in [0, 0.05) is 28.2 Å². The van der Waals surface area contributed by atoms with Crippen LogP contribution in [-0.4, -0.2) is 31.4 Å². The zero-order valence-electron chi connectivity index (χ0n) is 21.0. The third kappa shape index (κ3) is 6.27. The highest BCUT2D eigenvalue weighted by molar-refractivity contribution is 7.92. The molecule has 0 aliphatic rings. The quantitative estimate of drug-likeness (QED) is 0.205. The van der Waals surface area contributed by atoms with E-state index in [1.807, 2.05) is 36.6 Å². The van der Waals surface area contributed by atoms with Gasteiger partial charge < -0.3 is 4.57 Å². The second kappa shape index (κ2) is 11.4. The Labute approximate surface area is 232 Å². The summed E-state index contributed by atoms with van der Waals surface area (Å²) in [5.41, 5.74) is 7.88. The average Bonchev–Trinajstić information content (AvgIpc) is 3.17. The molecule has 1 amide bonds. The van der Waals surface area contributed by atoms with Gasteiger partial charge in [-0.2, -0.15) is 5.10 Å². The van der Waals surface area contributed by atoms with E-state index >= 15 is 0 Å². The molecule has 0 radical (unpaired) electrons. The summed E-state index contributed by atoms with van der Waals surface area (Å²) in [5.74, 6) is -0.380. The lowest BCUT2D eigenvalue weighted by Gasteiger charge is -2.22. The molecule has 0 aliphatic carbocycles. The van der Waals surface area contributed by atoms with E-state index in [0.29, 0.717) is 21.3 Å². The lowest BCUT2D eigenvalue weighted by molar-refractivity contribution is 0.0955. The number of carbonyl (C=O) groups is 1. The van der Waals surface area contributed by atoms with Crippen molar-refractivity contribution in [2.45, 2.75) is 20.4 Å². The molecule has 0 saturated heterocycles. The summed E-state index contributed by atoms with van der Waals surface area (Å²) in [4.78, 5) is 12.6. The minimum absolute atomic E-state index is 0.150. The predicted molar refractivity (Wildman–Crippen MR) is 154 cm³/mol. The molecule has 4 aromatic rings. The van der Waals surface area contributed by atoms with Crippen LogP contribution in [0.5, 0.6) is 0 Å². The summed E-state index contributed by atoms with van der Waals surface area (Å²) in [6.07, 6.45) is 2.76. The topological polar surface area (TPSA) is 83.8 Å². The first-order chi connectivity index (χ1) is 18.0. The number of aryl methyl sites for hydroxylation is 1. The molecule has 4 rings (SSSR count). The van der Waals surface area contributed by atoms with E-state index in [1.54, 1.807) is 66.9 Å². The van der Waals surface area contributed by atoms with Crippen LogP contribution in [0, 0.1) is 13.8 Å². The standard InChI is InChI=1S/C28H26Cl2N4O3S/c1-19-15-23(20(2)34(19)25-13-14-26(29)27(30)16-25)17-31-32-28(35)22-11-9-21(10-12-22)18-33(38(3,36)37)24-7-5-4-6-8-24/h4-17H,18H2,1-3H3,(H,32,35)/b31-17-. The third-order valence-electron chi connectivity index (χ3n) is 5.99. The number of hydrogen-bond acceptors (Lipinski definition) is 4. The van der Waals surface area contributed by atoms with Gasteiger partial charge >= 0.3 is 0 Å². The Bertz CT molecular complexity index is 1600. The number of amides is 1. The predicted octanol–water partition coefficient (Wildman–Crippen LogP) is 6.13. The Morgan fingerprint density at radius 3 is 2.29 bits per heavy atom. The van der Waals surface area contributed by atoms with E-state index in [0.717, 1.165) is 28.2 Å². The minimum Gasteiger partial charge on any atom is -0.318 e. The third-order valence-corrected chi connectivity index (χ3v) is 7.87. The van der Waals surface area contributed by atoms with Crippen LogP contribution in [0.3, 0.4) is 0 Å². The first-order valence-electron chi connectivity index (χ1n) is 11.6. The lowest BCUT2D eigenvalue weighted by atomic mass is 10.1. The molecule has 1 aromatic heterocycles. The van der Waals surface area contributed by atoms with Crippen molar-refractivity contribution in [3.05, 3.63) is 117 Å². The van der Waals surface area contributed by atoms with Crippen LogP contribution < -0.4 is 9.73 Å². The Morgan fingerprint density at radius 2 is 1.66 bits per heavy atom. The molecule has 0 saturated carbocycles. The Morgan fingerprint density at radius 1 is 0.974 bits per heavy atom. The number of nitrogens with one attached hydrogen (secondary N) is 1. The molecule has 0 spiro atoms. The molecular formula is C28H26Cl2N4O3S. The van der Waals surface area contributed by atoms with Gasteiger partial charge in [0.25, 0.3) is 5.91 Å². The number of para-hydroxylation sites is 1. The van der Waals surface area contributed by atoms with Gasteiger partial charge in [-0.1, -0.05) is 53.5 Å². The van der Waals surface area contributed by atoms with Gasteiger partial charge in [-0.05, 0) is 67.9 Å². The average molecular weight is 570 g/mol. The van der Waals surface area contributed by atoms with E-state index in [4.69, 9.17) is 23.2 Å². The van der Waals surface area contributed by atoms with Gasteiger partial charge in [0.15, 0.2) is 0 Å². The van der Waals surface area contributed by atoms with Crippen molar-refractivity contribution in [2.75, 3.05) is 10.6 Å². The van der Waals surface area contributed by atoms with Crippen molar-refractivity contribution in [3.8, 4) is 5.69 Å². The van der Waals surface area contributed by atoms with Crippen LogP contribution in [0.4, 0.5) is 5.69 Å². The molecule has 10 heteroatoms. The van der Waals surface area contributed by atoms with Crippen LogP contribution in [0.15, 0.2) is 84.0 Å². The number of nitrogens with zero attached hydrogens (tertiary/aromatic N) is 3. The van der Waals surface area contributed by atoms with Crippen LogP contribution >= 0.6 is 23.2 Å². The number of hydrogen-bond donors (Lipinski definition) is 1. The first-order valence-corrected chi connectivity index (χ1v) is 14.2. The summed E-state index contributed by atoms with van der Waals surface area (Å²) >= 11 is 12.2. The molecule has 0 unspecified atom stereocenters. The molecular weight excluding hydrogens is 543 g/mol. The zero-order chi connectivity index (χ0) is 27.4. The van der Waals surface area contributed by atoms with Crippen molar-refractivity contribution < 1.29 is 13.2 Å². The van der Waals surface area contributed by atoms with Gasteiger partial charge in [0.05, 0.1) is 34.7 Å². The van der Waals surface area contributed by atoms with Gasteiger partial charge in [-0.3, -0.25) is 9.10 Å². The van der Waals surface area contributed by atoms with E-state index in [1.165, 1.54) is 10.6 Å². The highest BCUT2D eigenvalue weighted by atomic mass is 35.5. The van der Waals surface area contributed by atoms with Crippen molar-refractivity contribution in [2.24, 2.45) is 5.10 Å². The minimum atomic E-state index is -3.49. The number of carbonyl (C=O) groups excluding carboxylic acids is 1. The number of hydrazone groups is 1. The maximum absolute atomic E-state index is 12.6. The molecule has 1 heterocycles. The van der Waals surface area contributed by atoms with Crippen molar-refractivity contribution in [1.82, 2.24) is 9.99 Å². The molecule has 0 atom stereocenters. The molecule has 38 heavy (non-hydrogen) atoms. The van der Waals surface area contributed by atoms with E-state index in [2.05, 4.69) is 10.5 Å². The number of halogens is 2. The summed E-state index contributed by atoms with van der Waals surface area (Å²) < 4.78 is 28.0. The fourth-order valence-corrected chi connectivity index (χ4v) is 5.27. The fraction of sp³-hybridized carbons (Fsp3) is 0.143. The number of benzene rings is 3. The smallest absolute Gasteiger partial charge is 0.271 e. The molecule has 0 fully saturated rings. The highest BCUT2D eigenvalue weighted by Crippen LogP contribution is 2.27. The Balaban J connectivity index is 1.44. The van der Waals surface area contributed by atoms with Gasteiger partial charge in [0.1, 0.15) is 0 Å². The summed E-state index contributed by atoms with van der Waals surface area (Å²) in [5, 5.41) is 5.08. The zero-order valence-corrected chi connectivity index (χ0v) is 23.3. The molecule has 7 nitrogen and oxygen atoms in total. The summed E-state index contributed by atoms with van der Waals surface area (Å²) in [6.45, 7) is 4.07. The van der Waals surface area contributed by atoms with Crippen molar-refractivity contribution >= 4 is 51.0 Å². The van der Waals surface area contributed by atoms with Crippen molar-refractivity contribution in [3.63, 3.8) is 0 Å². The highest BCUT2D eigenvalue weighted by Gasteiger charge is 2.18. The SMILES string of the molecule is Cc1cc(/C=N\NC(=O)c2ccc(CN(c3ccccc3)S(C)(=O)=O)cc2)c(C)n1-c1ccc(Cl)c(Cl)c1. The molecule has 3 aromatic carbocycles. The van der Waals surface area contributed by atoms with E-state index in [9.17, 15) is 13.2 Å². The monoisotopic (exact) mass is 568 g/mol. The molecule has 196 valence electrons. The van der Waals surface area contributed by atoms with Gasteiger partial charge in [-0.15, -0.1) is 0 Å². The number of sulfonamides is 1. The Hall–Kier alpha value is -3.59. The van der Waals surface area contributed by atoms with E-state index < -0.39 is 10.0 Å². The normalized spacial score (nSPS) is 11.6. The first kappa shape index (κ1) is 27.4. The fourth-order valence-electron chi connectivity index (χ4n) is 4.09. The molecule has 0 bridgehead atoms. The van der Waals surface area contributed by atoms with Crippen LogP contribution in [0.2, 0.25) is 10.0 Å².